The molecule has 4 nitrogen and oxygen atoms in total. The lowest BCUT2D eigenvalue weighted by atomic mass is 10.2. The standard InChI is InChI=1S/C12H26N2O2S2/c1-17-10-4-2-3-9-14-18(15,16)11-5-8-13-12-6-7-12/h12-14H,2-11H2,1H3. The highest BCUT2D eigenvalue weighted by atomic mass is 32.2. The van der Waals surface area contributed by atoms with E-state index in [0.29, 0.717) is 19.0 Å². The maximum Gasteiger partial charge on any atom is 0.211 e. The van der Waals surface area contributed by atoms with Crippen molar-refractivity contribution in [3.05, 3.63) is 0 Å². The maximum absolute atomic E-state index is 11.6. The van der Waals surface area contributed by atoms with Crippen LogP contribution < -0.4 is 10.0 Å². The van der Waals surface area contributed by atoms with Crippen LogP contribution in [0.2, 0.25) is 0 Å². The number of hydrogen-bond acceptors (Lipinski definition) is 4. The molecule has 1 saturated carbocycles. The fourth-order valence-electron chi connectivity index (χ4n) is 1.70. The van der Waals surface area contributed by atoms with Crippen molar-refractivity contribution in [3.63, 3.8) is 0 Å². The molecule has 0 aromatic carbocycles. The van der Waals surface area contributed by atoms with Crippen LogP contribution in [0, 0.1) is 0 Å². The number of rotatable bonds is 12. The molecule has 0 atom stereocenters. The van der Waals surface area contributed by atoms with E-state index in [1.807, 2.05) is 11.8 Å². The lowest BCUT2D eigenvalue weighted by Gasteiger charge is -2.07. The van der Waals surface area contributed by atoms with Gasteiger partial charge in [-0.05, 0) is 50.7 Å². The summed E-state index contributed by atoms with van der Waals surface area (Å²) in [5, 5.41) is 3.33. The largest absolute Gasteiger partial charge is 0.314 e. The van der Waals surface area contributed by atoms with E-state index in [4.69, 9.17) is 0 Å². The summed E-state index contributed by atoms with van der Waals surface area (Å²) < 4.78 is 26.0. The first-order valence-corrected chi connectivity index (χ1v) is 9.88. The van der Waals surface area contributed by atoms with Gasteiger partial charge in [-0.15, -0.1) is 0 Å². The second-order valence-electron chi connectivity index (χ2n) is 4.85. The number of thioether (sulfide) groups is 1. The molecule has 0 aromatic rings. The molecule has 1 aliphatic rings. The Labute approximate surface area is 116 Å². The van der Waals surface area contributed by atoms with E-state index >= 15 is 0 Å². The van der Waals surface area contributed by atoms with Crippen molar-refractivity contribution in [2.75, 3.05) is 30.9 Å². The molecule has 1 fully saturated rings. The van der Waals surface area contributed by atoms with Gasteiger partial charge in [0, 0.05) is 12.6 Å². The van der Waals surface area contributed by atoms with E-state index in [2.05, 4.69) is 16.3 Å². The van der Waals surface area contributed by atoms with E-state index in [0.717, 1.165) is 19.4 Å². The van der Waals surface area contributed by atoms with Gasteiger partial charge in [-0.3, -0.25) is 0 Å². The summed E-state index contributed by atoms with van der Waals surface area (Å²) in [6.45, 7) is 1.41. The highest BCUT2D eigenvalue weighted by molar-refractivity contribution is 7.98. The smallest absolute Gasteiger partial charge is 0.211 e. The molecule has 1 aliphatic carbocycles. The molecule has 0 amide bonds. The number of unbranched alkanes of at least 4 members (excludes halogenated alkanes) is 2. The zero-order valence-electron chi connectivity index (χ0n) is 11.3. The Kier molecular flexibility index (Phi) is 8.30. The van der Waals surface area contributed by atoms with Crippen molar-refractivity contribution in [3.8, 4) is 0 Å². The fraction of sp³-hybridized carbons (Fsp3) is 1.00. The summed E-state index contributed by atoms with van der Waals surface area (Å²) in [6.07, 6.45) is 8.53. The van der Waals surface area contributed by atoms with Gasteiger partial charge in [0.25, 0.3) is 0 Å². The minimum Gasteiger partial charge on any atom is -0.314 e. The van der Waals surface area contributed by atoms with Crippen molar-refractivity contribution < 1.29 is 8.42 Å². The summed E-state index contributed by atoms with van der Waals surface area (Å²) in [5.41, 5.74) is 0. The predicted octanol–water partition coefficient (Wildman–Crippen LogP) is 1.58. The summed E-state index contributed by atoms with van der Waals surface area (Å²) in [5.74, 6) is 1.41. The lowest BCUT2D eigenvalue weighted by molar-refractivity contribution is 0.569. The molecule has 108 valence electrons. The molecular formula is C12H26N2O2S2. The summed E-state index contributed by atoms with van der Waals surface area (Å²) in [4.78, 5) is 0. The third-order valence-electron chi connectivity index (χ3n) is 2.95. The second-order valence-corrected chi connectivity index (χ2v) is 7.76. The van der Waals surface area contributed by atoms with Crippen molar-refractivity contribution in [1.82, 2.24) is 10.0 Å². The lowest BCUT2D eigenvalue weighted by Crippen LogP contribution is -2.29. The van der Waals surface area contributed by atoms with Crippen molar-refractivity contribution in [1.29, 1.82) is 0 Å². The van der Waals surface area contributed by atoms with E-state index in [9.17, 15) is 8.42 Å². The fourth-order valence-corrected chi connectivity index (χ4v) is 3.32. The quantitative estimate of drug-likeness (QED) is 0.537. The van der Waals surface area contributed by atoms with Crippen LogP contribution in [-0.4, -0.2) is 45.3 Å². The van der Waals surface area contributed by atoms with Gasteiger partial charge in [-0.1, -0.05) is 6.42 Å². The number of sulfonamides is 1. The molecule has 1 rings (SSSR count). The van der Waals surface area contributed by atoms with Crippen LogP contribution >= 0.6 is 11.8 Å². The molecule has 18 heavy (non-hydrogen) atoms. The Morgan fingerprint density at radius 1 is 1.11 bits per heavy atom. The van der Waals surface area contributed by atoms with Gasteiger partial charge in [0.05, 0.1) is 5.75 Å². The minimum atomic E-state index is -3.05. The Balaban J connectivity index is 1.93. The predicted molar refractivity (Wildman–Crippen MR) is 79.7 cm³/mol. The number of nitrogens with one attached hydrogen (secondary N) is 2. The second kappa shape index (κ2) is 9.18. The average molecular weight is 294 g/mol. The van der Waals surface area contributed by atoms with Gasteiger partial charge in [0.1, 0.15) is 0 Å². The van der Waals surface area contributed by atoms with Crippen molar-refractivity contribution >= 4 is 21.8 Å². The van der Waals surface area contributed by atoms with Gasteiger partial charge in [-0.2, -0.15) is 11.8 Å². The summed E-state index contributed by atoms with van der Waals surface area (Å²) in [7, 11) is -3.05. The zero-order chi connectivity index (χ0) is 13.3. The number of hydrogen-bond donors (Lipinski definition) is 2. The molecule has 0 radical (unpaired) electrons. The highest BCUT2D eigenvalue weighted by Gasteiger charge is 2.20. The molecule has 0 heterocycles. The molecule has 6 heteroatoms. The molecule has 0 spiro atoms. The Bertz CT molecular complexity index is 303. The minimum absolute atomic E-state index is 0.248. The third kappa shape index (κ3) is 9.19. The van der Waals surface area contributed by atoms with Crippen LogP contribution in [0.1, 0.15) is 38.5 Å². The first kappa shape index (κ1) is 16.3. The first-order chi connectivity index (χ1) is 8.64. The van der Waals surface area contributed by atoms with Gasteiger partial charge >= 0.3 is 0 Å². The molecule has 0 aromatic heterocycles. The average Bonchev–Trinajstić information content (AvgIpc) is 3.13. The molecule has 0 aliphatic heterocycles. The summed E-state index contributed by atoms with van der Waals surface area (Å²) in [6, 6.07) is 0.664. The van der Waals surface area contributed by atoms with E-state index in [1.165, 1.54) is 25.0 Å². The normalized spacial score (nSPS) is 16.1. The molecule has 0 bridgehead atoms. The molecular weight excluding hydrogens is 268 g/mol. The van der Waals surface area contributed by atoms with Crippen LogP contribution in [0.25, 0.3) is 0 Å². The summed E-state index contributed by atoms with van der Waals surface area (Å²) >= 11 is 1.84. The van der Waals surface area contributed by atoms with E-state index < -0.39 is 10.0 Å². The molecule has 0 unspecified atom stereocenters. The Morgan fingerprint density at radius 3 is 2.56 bits per heavy atom. The monoisotopic (exact) mass is 294 g/mol. The SMILES string of the molecule is CSCCCCCNS(=O)(=O)CCCNC1CC1. The maximum atomic E-state index is 11.6. The van der Waals surface area contributed by atoms with Crippen LogP contribution in [0.15, 0.2) is 0 Å². The molecule has 0 saturated heterocycles. The molecule has 2 N–H and O–H groups in total. The van der Waals surface area contributed by atoms with Gasteiger partial charge < -0.3 is 5.32 Å². The Hall–Kier alpha value is 0.220. The van der Waals surface area contributed by atoms with Gasteiger partial charge in [-0.25, -0.2) is 13.1 Å². The van der Waals surface area contributed by atoms with Crippen LogP contribution in [-0.2, 0) is 10.0 Å². The van der Waals surface area contributed by atoms with Gasteiger partial charge in [0.2, 0.25) is 10.0 Å². The van der Waals surface area contributed by atoms with Crippen LogP contribution in [0.4, 0.5) is 0 Å². The van der Waals surface area contributed by atoms with E-state index in [-0.39, 0.29) is 5.75 Å². The van der Waals surface area contributed by atoms with Crippen molar-refractivity contribution in [2.24, 2.45) is 0 Å². The Morgan fingerprint density at radius 2 is 1.89 bits per heavy atom. The van der Waals surface area contributed by atoms with E-state index in [1.54, 1.807) is 0 Å². The highest BCUT2D eigenvalue weighted by Crippen LogP contribution is 2.18. The van der Waals surface area contributed by atoms with Crippen molar-refractivity contribution in [2.45, 2.75) is 44.6 Å². The van der Waals surface area contributed by atoms with Crippen LogP contribution in [0.3, 0.4) is 0 Å². The topological polar surface area (TPSA) is 58.2 Å². The van der Waals surface area contributed by atoms with Crippen LogP contribution in [0.5, 0.6) is 0 Å². The zero-order valence-corrected chi connectivity index (χ0v) is 12.9. The third-order valence-corrected chi connectivity index (χ3v) is 5.11. The van der Waals surface area contributed by atoms with Gasteiger partial charge in [0.15, 0.2) is 0 Å². The first-order valence-electron chi connectivity index (χ1n) is 6.84.